The van der Waals surface area contributed by atoms with Crippen LogP contribution in [-0.4, -0.2) is 26.6 Å². The maximum atomic E-state index is 13.2. The van der Waals surface area contributed by atoms with Crippen molar-refractivity contribution in [1.29, 1.82) is 0 Å². The quantitative estimate of drug-likeness (QED) is 0.848. The predicted molar refractivity (Wildman–Crippen MR) is 88.5 cm³/mol. The Hall–Kier alpha value is -2.11. The SMILES string of the molecule is COc1ccc(Cl)cc1NC(=O)C[NH+](C)Cc1cccc(F)c1. The lowest BCUT2D eigenvalue weighted by Crippen LogP contribution is -3.08. The van der Waals surface area contributed by atoms with Crippen molar-refractivity contribution in [3.8, 4) is 5.75 Å². The van der Waals surface area contributed by atoms with E-state index in [4.69, 9.17) is 16.3 Å². The van der Waals surface area contributed by atoms with E-state index in [1.807, 2.05) is 13.1 Å². The Labute approximate surface area is 139 Å². The van der Waals surface area contributed by atoms with Gasteiger partial charge in [-0.3, -0.25) is 4.79 Å². The van der Waals surface area contributed by atoms with Crippen molar-refractivity contribution in [3.05, 3.63) is 58.9 Å². The number of quaternary nitrogens is 1. The topological polar surface area (TPSA) is 42.8 Å². The van der Waals surface area contributed by atoms with Crippen LogP contribution >= 0.6 is 11.6 Å². The summed E-state index contributed by atoms with van der Waals surface area (Å²) in [5, 5.41) is 3.30. The summed E-state index contributed by atoms with van der Waals surface area (Å²) in [7, 11) is 3.40. The van der Waals surface area contributed by atoms with E-state index in [1.54, 1.807) is 24.3 Å². The second-order valence-corrected chi connectivity index (χ2v) is 5.77. The van der Waals surface area contributed by atoms with E-state index in [-0.39, 0.29) is 18.3 Å². The molecule has 2 N–H and O–H groups in total. The Bertz CT molecular complexity index is 694. The fourth-order valence-electron chi connectivity index (χ4n) is 2.30. The van der Waals surface area contributed by atoms with Crippen molar-refractivity contribution in [2.75, 3.05) is 26.0 Å². The highest BCUT2D eigenvalue weighted by atomic mass is 35.5. The summed E-state index contributed by atoms with van der Waals surface area (Å²) in [5.74, 6) is 0.105. The van der Waals surface area contributed by atoms with E-state index in [9.17, 15) is 9.18 Å². The molecule has 1 amide bonds. The minimum absolute atomic E-state index is 0.167. The minimum atomic E-state index is -0.275. The third kappa shape index (κ3) is 5.23. The number of benzene rings is 2. The summed E-state index contributed by atoms with van der Waals surface area (Å²) in [5.41, 5.74) is 1.37. The number of methoxy groups -OCH3 is 1. The first-order chi connectivity index (χ1) is 11.0. The zero-order valence-corrected chi connectivity index (χ0v) is 13.8. The van der Waals surface area contributed by atoms with Crippen LogP contribution in [0.5, 0.6) is 5.75 Å². The van der Waals surface area contributed by atoms with Crippen LogP contribution in [0.25, 0.3) is 0 Å². The lowest BCUT2D eigenvalue weighted by atomic mass is 10.2. The van der Waals surface area contributed by atoms with E-state index in [2.05, 4.69) is 5.32 Å². The van der Waals surface area contributed by atoms with Gasteiger partial charge in [0.1, 0.15) is 18.1 Å². The molecule has 0 radical (unpaired) electrons. The molecule has 0 saturated heterocycles. The third-order valence-electron chi connectivity index (χ3n) is 3.29. The van der Waals surface area contributed by atoms with Crippen LogP contribution in [0.4, 0.5) is 10.1 Å². The summed E-state index contributed by atoms with van der Waals surface area (Å²) >= 11 is 5.94. The minimum Gasteiger partial charge on any atom is -0.495 e. The summed E-state index contributed by atoms with van der Waals surface area (Å²) in [4.78, 5) is 13.1. The molecule has 0 fully saturated rings. The first-order valence-electron chi connectivity index (χ1n) is 7.17. The van der Waals surface area contributed by atoms with Gasteiger partial charge in [0.05, 0.1) is 19.8 Å². The number of halogens is 2. The lowest BCUT2D eigenvalue weighted by molar-refractivity contribution is -0.885. The molecule has 2 rings (SSSR count). The van der Waals surface area contributed by atoms with E-state index in [0.717, 1.165) is 10.5 Å². The Morgan fingerprint density at radius 1 is 1.30 bits per heavy atom. The molecule has 0 aliphatic rings. The molecule has 0 spiro atoms. The molecule has 0 bridgehead atoms. The number of amides is 1. The molecule has 0 aliphatic heterocycles. The van der Waals surface area contributed by atoms with Gasteiger partial charge in [0.2, 0.25) is 0 Å². The number of hydrogen-bond acceptors (Lipinski definition) is 2. The monoisotopic (exact) mass is 337 g/mol. The molecular weight excluding hydrogens is 319 g/mol. The van der Waals surface area contributed by atoms with Gasteiger partial charge in [-0.15, -0.1) is 0 Å². The van der Waals surface area contributed by atoms with Crippen molar-refractivity contribution in [3.63, 3.8) is 0 Å². The smallest absolute Gasteiger partial charge is 0.279 e. The predicted octanol–water partition coefficient (Wildman–Crippen LogP) is 2.14. The summed E-state index contributed by atoms with van der Waals surface area (Å²) in [6, 6.07) is 11.4. The van der Waals surface area contributed by atoms with Gasteiger partial charge in [-0.25, -0.2) is 4.39 Å². The summed E-state index contributed by atoms with van der Waals surface area (Å²) in [6.07, 6.45) is 0. The highest BCUT2D eigenvalue weighted by molar-refractivity contribution is 6.31. The molecule has 6 heteroatoms. The van der Waals surface area contributed by atoms with E-state index < -0.39 is 0 Å². The van der Waals surface area contributed by atoms with Crippen molar-refractivity contribution >= 4 is 23.2 Å². The molecule has 4 nitrogen and oxygen atoms in total. The summed E-state index contributed by atoms with van der Waals surface area (Å²) < 4.78 is 18.4. The van der Waals surface area contributed by atoms with E-state index in [1.165, 1.54) is 19.2 Å². The van der Waals surface area contributed by atoms with Gasteiger partial charge >= 0.3 is 0 Å². The van der Waals surface area contributed by atoms with Gasteiger partial charge in [-0.2, -0.15) is 0 Å². The van der Waals surface area contributed by atoms with Crippen LogP contribution in [0.2, 0.25) is 5.02 Å². The van der Waals surface area contributed by atoms with E-state index >= 15 is 0 Å². The molecule has 0 aromatic heterocycles. The largest absolute Gasteiger partial charge is 0.495 e. The third-order valence-corrected chi connectivity index (χ3v) is 3.53. The number of rotatable bonds is 6. The van der Waals surface area contributed by atoms with Crippen LogP contribution in [0.3, 0.4) is 0 Å². The van der Waals surface area contributed by atoms with Crippen LogP contribution in [-0.2, 0) is 11.3 Å². The highest BCUT2D eigenvalue weighted by Crippen LogP contribution is 2.27. The maximum Gasteiger partial charge on any atom is 0.279 e. The van der Waals surface area contributed by atoms with Gasteiger partial charge in [0.15, 0.2) is 6.54 Å². The molecule has 0 aliphatic carbocycles. The Balaban J connectivity index is 1.95. The molecule has 23 heavy (non-hydrogen) atoms. The molecular formula is C17H19ClFN2O2+. The van der Waals surface area contributed by atoms with Gasteiger partial charge in [0.25, 0.3) is 5.91 Å². The van der Waals surface area contributed by atoms with Gasteiger partial charge in [-0.1, -0.05) is 23.7 Å². The number of likely N-dealkylation sites (N-methyl/N-ethyl adjacent to an activating group) is 1. The number of carbonyl (C=O) groups is 1. The van der Waals surface area contributed by atoms with Crippen LogP contribution in [0.15, 0.2) is 42.5 Å². The zero-order valence-electron chi connectivity index (χ0n) is 13.0. The van der Waals surface area contributed by atoms with Crippen LogP contribution in [0.1, 0.15) is 5.56 Å². The fourth-order valence-corrected chi connectivity index (χ4v) is 2.48. The first kappa shape index (κ1) is 17.2. The standard InChI is InChI=1S/C17H18ClFN2O2/c1-21(10-12-4-3-5-14(19)8-12)11-17(22)20-15-9-13(18)6-7-16(15)23-2/h3-9H,10-11H2,1-2H3,(H,20,22)/p+1. The van der Waals surface area contributed by atoms with Gasteiger partial charge in [-0.05, 0) is 30.3 Å². The van der Waals surface area contributed by atoms with Crippen LogP contribution < -0.4 is 15.0 Å². The second kappa shape index (κ2) is 7.94. The number of hydrogen-bond donors (Lipinski definition) is 2. The molecule has 1 atom stereocenters. The zero-order chi connectivity index (χ0) is 16.8. The van der Waals surface area contributed by atoms with Crippen LogP contribution in [0, 0.1) is 5.82 Å². The first-order valence-corrected chi connectivity index (χ1v) is 7.55. The number of ether oxygens (including phenoxy) is 1. The Kier molecular flexibility index (Phi) is 5.96. The molecule has 0 heterocycles. The number of anilines is 1. The van der Waals surface area contributed by atoms with Crippen molar-refractivity contribution in [2.24, 2.45) is 0 Å². The Morgan fingerprint density at radius 2 is 2.09 bits per heavy atom. The molecule has 2 aromatic carbocycles. The van der Waals surface area contributed by atoms with Crippen molar-refractivity contribution in [2.45, 2.75) is 6.54 Å². The Morgan fingerprint density at radius 3 is 2.78 bits per heavy atom. The van der Waals surface area contributed by atoms with Gasteiger partial charge in [0, 0.05) is 10.6 Å². The van der Waals surface area contributed by atoms with Crippen molar-refractivity contribution in [1.82, 2.24) is 0 Å². The van der Waals surface area contributed by atoms with Crippen molar-refractivity contribution < 1.29 is 18.8 Å². The fraction of sp³-hybridized carbons (Fsp3) is 0.235. The average Bonchev–Trinajstić information content (AvgIpc) is 2.47. The molecule has 2 aromatic rings. The average molecular weight is 338 g/mol. The number of nitrogens with one attached hydrogen (secondary N) is 2. The normalized spacial score (nSPS) is 11.8. The number of carbonyl (C=O) groups excluding carboxylic acids is 1. The lowest BCUT2D eigenvalue weighted by Gasteiger charge is -2.15. The van der Waals surface area contributed by atoms with Gasteiger partial charge < -0.3 is 15.0 Å². The molecule has 1 unspecified atom stereocenters. The summed E-state index contributed by atoms with van der Waals surface area (Å²) in [6.45, 7) is 0.796. The second-order valence-electron chi connectivity index (χ2n) is 5.33. The molecule has 122 valence electrons. The van der Waals surface area contributed by atoms with E-state index in [0.29, 0.717) is 23.0 Å². The maximum absolute atomic E-state index is 13.2. The highest BCUT2D eigenvalue weighted by Gasteiger charge is 2.13. The molecule has 0 saturated carbocycles.